The fraction of sp³-hybridized carbons (Fsp3) is 0.0545. The molecular formula is C55H41N. The van der Waals surface area contributed by atoms with Crippen molar-refractivity contribution in [3.63, 3.8) is 0 Å². The van der Waals surface area contributed by atoms with Gasteiger partial charge in [-0.2, -0.15) is 0 Å². The number of hydrogen-bond acceptors (Lipinski definition) is 1. The van der Waals surface area contributed by atoms with Crippen LogP contribution in [0.25, 0.3) is 66.4 Å². The lowest BCUT2D eigenvalue weighted by atomic mass is 9.81. The molecule has 0 saturated heterocycles. The van der Waals surface area contributed by atoms with E-state index < -0.39 is 0 Å². The van der Waals surface area contributed by atoms with Gasteiger partial charge >= 0.3 is 0 Å². The highest BCUT2D eigenvalue weighted by Crippen LogP contribution is 2.52. The predicted molar refractivity (Wildman–Crippen MR) is 238 cm³/mol. The third kappa shape index (κ3) is 5.90. The Hall–Kier alpha value is -6.96. The van der Waals surface area contributed by atoms with Gasteiger partial charge in [0, 0.05) is 22.2 Å². The summed E-state index contributed by atoms with van der Waals surface area (Å²) in [6.45, 7) is 4.76. The van der Waals surface area contributed by atoms with Gasteiger partial charge in [-0.15, -0.1) is 0 Å². The zero-order valence-electron chi connectivity index (χ0n) is 31.7. The average Bonchev–Trinajstić information content (AvgIpc) is 3.49. The molecule has 0 saturated carbocycles. The molecule has 0 aromatic heterocycles. The van der Waals surface area contributed by atoms with Crippen LogP contribution < -0.4 is 4.90 Å². The van der Waals surface area contributed by atoms with Crippen LogP contribution in [0.5, 0.6) is 0 Å². The Balaban J connectivity index is 1.02. The van der Waals surface area contributed by atoms with Crippen molar-refractivity contribution < 1.29 is 0 Å². The van der Waals surface area contributed by atoms with E-state index in [4.69, 9.17) is 0 Å². The molecule has 0 radical (unpaired) electrons. The predicted octanol–water partition coefficient (Wildman–Crippen LogP) is 15.3. The summed E-state index contributed by atoms with van der Waals surface area (Å²) < 4.78 is 0. The number of hydrogen-bond donors (Lipinski definition) is 0. The summed E-state index contributed by atoms with van der Waals surface area (Å²) in [5.41, 5.74) is 18.4. The van der Waals surface area contributed by atoms with E-state index in [0.717, 1.165) is 17.1 Å². The Morgan fingerprint density at radius 2 is 0.732 bits per heavy atom. The standard InChI is InChI=1S/C55H41N/c1-55(2)52-36-46(44-26-24-41(25-27-44)39-14-7-4-8-15-39)30-34-50(52)51-35-33-48(37-53(51)55)56(54-19-11-17-45-16-9-10-18-49(45)54)47-31-28-43(29-32-47)42-22-20-40(21-23-42)38-12-5-3-6-13-38/h3-37H,1-2H3. The second kappa shape index (κ2) is 13.7. The van der Waals surface area contributed by atoms with E-state index in [1.807, 2.05) is 0 Å². The van der Waals surface area contributed by atoms with Crippen molar-refractivity contribution in [3.05, 3.63) is 223 Å². The van der Waals surface area contributed by atoms with Crippen LogP contribution in [0.2, 0.25) is 0 Å². The Labute approximate surface area is 329 Å². The highest BCUT2D eigenvalue weighted by molar-refractivity contribution is 5.99. The Morgan fingerprint density at radius 1 is 0.321 bits per heavy atom. The van der Waals surface area contributed by atoms with E-state index in [2.05, 4.69) is 231 Å². The number of anilines is 3. The number of fused-ring (bicyclic) bond motifs is 4. The normalized spacial score (nSPS) is 12.6. The van der Waals surface area contributed by atoms with Crippen LogP contribution in [-0.4, -0.2) is 0 Å². The third-order valence-electron chi connectivity index (χ3n) is 11.7. The largest absolute Gasteiger partial charge is 0.310 e. The van der Waals surface area contributed by atoms with E-state index in [1.165, 1.54) is 77.5 Å². The summed E-state index contributed by atoms with van der Waals surface area (Å²) in [5.74, 6) is 0. The second-order valence-corrected chi connectivity index (χ2v) is 15.4. The highest BCUT2D eigenvalue weighted by Gasteiger charge is 2.36. The number of benzene rings is 9. The van der Waals surface area contributed by atoms with Gasteiger partial charge in [-0.25, -0.2) is 0 Å². The van der Waals surface area contributed by atoms with Crippen LogP contribution in [0.15, 0.2) is 212 Å². The summed E-state index contributed by atoms with van der Waals surface area (Å²) >= 11 is 0. The van der Waals surface area contributed by atoms with E-state index in [9.17, 15) is 0 Å². The molecule has 0 fully saturated rings. The van der Waals surface area contributed by atoms with Gasteiger partial charge in [-0.05, 0) is 109 Å². The second-order valence-electron chi connectivity index (χ2n) is 15.4. The van der Waals surface area contributed by atoms with Gasteiger partial charge in [0.2, 0.25) is 0 Å². The molecule has 1 nitrogen and oxygen atoms in total. The SMILES string of the molecule is CC1(C)c2cc(-c3ccc(-c4ccccc4)cc3)ccc2-c2ccc(N(c3ccc(-c4ccc(-c5ccccc5)cc4)cc3)c3cccc4ccccc34)cc21. The fourth-order valence-corrected chi connectivity index (χ4v) is 8.65. The molecule has 0 spiro atoms. The van der Waals surface area contributed by atoms with Crippen molar-refractivity contribution in [1.29, 1.82) is 0 Å². The molecule has 0 amide bonds. The first-order chi connectivity index (χ1) is 27.5. The molecule has 56 heavy (non-hydrogen) atoms. The van der Waals surface area contributed by atoms with Crippen LogP contribution in [-0.2, 0) is 5.41 Å². The van der Waals surface area contributed by atoms with Gasteiger partial charge < -0.3 is 4.90 Å². The molecule has 1 aliphatic carbocycles. The van der Waals surface area contributed by atoms with Crippen molar-refractivity contribution >= 4 is 27.8 Å². The molecule has 0 unspecified atom stereocenters. The molecule has 9 aromatic carbocycles. The minimum absolute atomic E-state index is 0.180. The Bertz CT molecular complexity index is 2830. The zero-order chi connectivity index (χ0) is 37.6. The van der Waals surface area contributed by atoms with Gasteiger partial charge in [0.05, 0.1) is 5.69 Å². The number of nitrogens with zero attached hydrogens (tertiary/aromatic N) is 1. The lowest BCUT2D eigenvalue weighted by molar-refractivity contribution is 0.660. The van der Waals surface area contributed by atoms with Gasteiger partial charge in [0.1, 0.15) is 0 Å². The maximum absolute atomic E-state index is 2.43. The van der Waals surface area contributed by atoms with E-state index >= 15 is 0 Å². The van der Waals surface area contributed by atoms with Gasteiger partial charge in [-0.3, -0.25) is 0 Å². The maximum Gasteiger partial charge on any atom is 0.0540 e. The first-order valence-electron chi connectivity index (χ1n) is 19.5. The lowest BCUT2D eigenvalue weighted by Crippen LogP contribution is -2.16. The number of rotatable bonds is 7. The molecule has 1 heteroatoms. The first kappa shape index (κ1) is 33.6. The molecule has 266 valence electrons. The molecule has 0 heterocycles. The summed E-state index contributed by atoms with van der Waals surface area (Å²) in [5, 5.41) is 2.45. The minimum atomic E-state index is -0.180. The van der Waals surface area contributed by atoms with Crippen molar-refractivity contribution in [3.8, 4) is 55.6 Å². The average molecular weight is 716 g/mol. The van der Waals surface area contributed by atoms with Crippen LogP contribution in [0.4, 0.5) is 17.1 Å². The van der Waals surface area contributed by atoms with Crippen molar-refractivity contribution in [2.45, 2.75) is 19.3 Å². The molecular weight excluding hydrogens is 675 g/mol. The fourth-order valence-electron chi connectivity index (χ4n) is 8.65. The van der Waals surface area contributed by atoms with Crippen LogP contribution in [0.3, 0.4) is 0 Å². The highest BCUT2D eigenvalue weighted by atomic mass is 15.1. The molecule has 0 atom stereocenters. The molecule has 1 aliphatic rings. The van der Waals surface area contributed by atoms with Crippen LogP contribution in [0.1, 0.15) is 25.0 Å². The quantitative estimate of drug-likeness (QED) is 0.159. The van der Waals surface area contributed by atoms with E-state index in [1.54, 1.807) is 0 Å². The Kier molecular flexibility index (Phi) is 8.23. The van der Waals surface area contributed by atoms with Crippen LogP contribution >= 0.6 is 0 Å². The molecule has 10 rings (SSSR count). The topological polar surface area (TPSA) is 3.24 Å². The lowest BCUT2D eigenvalue weighted by Gasteiger charge is -2.29. The molecule has 0 N–H and O–H groups in total. The summed E-state index contributed by atoms with van der Waals surface area (Å²) in [7, 11) is 0. The Morgan fingerprint density at radius 3 is 1.32 bits per heavy atom. The minimum Gasteiger partial charge on any atom is -0.310 e. The zero-order valence-corrected chi connectivity index (χ0v) is 31.7. The van der Waals surface area contributed by atoms with Gasteiger partial charge in [-0.1, -0.05) is 190 Å². The van der Waals surface area contributed by atoms with Crippen molar-refractivity contribution in [2.75, 3.05) is 4.90 Å². The maximum atomic E-state index is 2.43. The monoisotopic (exact) mass is 715 g/mol. The van der Waals surface area contributed by atoms with Crippen LogP contribution in [0, 0.1) is 0 Å². The molecule has 9 aromatic rings. The van der Waals surface area contributed by atoms with Gasteiger partial charge in [0.25, 0.3) is 0 Å². The van der Waals surface area contributed by atoms with Crippen molar-refractivity contribution in [2.24, 2.45) is 0 Å². The van der Waals surface area contributed by atoms with Crippen molar-refractivity contribution in [1.82, 2.24) is 0 Å². The molecule has 0 bridgehead atoms. The van der Waals surface area contributed by atoms with Gasteiger partial charge in [0.15, 0.2) is 0 Å². The molecule has 0 aliphatic heterocycles. The first-order valence-corrected chi connectivity index (χ1v) is 19.5. The van der Waals surface area contributed by atoms with E-state index in [-0.39, 0.29) is 5.41 Å². The summed E-state index contributed by atoms with van der Waals surface area (Å²) in [4.78, 5) is 2.43. The third-order valence-corrected chi connectivity index (χ3v) is 11.7. The summed E-state index contributed by atoms with van der Waals surface area (Å²) in [6.07, 6.45) is 0. The smallest absolute Gasteiger partial charge is 0.0540 e. The van der Waals surface area contributed by atoms with E-state index in [0.29, 0.717) is 0 Å². The summed E-state index contributed by atoms with van der Waals surface area (Å²) in [6, 6.07) is 77.5.